The molecule has 0 unspecified atom stereocenters. The van der Waals surface area contributed by atoms with Crippen molar-refractivity contribution in [1.29, 1.82) is 0 Å². The number of aryl methyl sites for hydroxylation is 1. The van der Waals surface area contributed by atoms with Gasteiger partial charge in [0.05, 0.1) is 22.8 Å². The van der Waals surface area contributed by atoms with Crippen LogP contribution in [-0.2, 0) is 7.05 Å². The number of piperidine rings is 1. The molecular weight excluding hydrogens is 340 g/mol. The van der Waals surface area contributed by atoms with Crippen LogP contribution in [0.2, 0.25) is 0 Å². The molecule has 0 bridgehead atoms. The number of nitrogens with zero attached hydrogens (tertiary/aromatic N) is 5. The Labute approximate surface area is 156 Å². The quantitative estimate of drug-likeness (QED) is 0.571. The molecule has 0 amide bonds. The minimum atomic E-state index is 0.125. The monoisotopic (exact) mass is 360 g/mol. The maximum absolute atomic E-state index is 10.4. The third-order valence-corrected chi connectivity index (χ3v) is 5.19. The van der Waals surface area contributed by atoms with Crippen LogP contribution in [0.4, 0.5) is 0 Å². The van der Waals surface area contributed by atoms with Crippen molar-refractivity contribution >= 4 is 21.9 Å². The first kappa shape index (κ1) is 16.1. The molecule has 0 saturated carbocycles. The van der Waals surface area contributed by atoms with Crippen LogP contribution in [0.1, 0.15) is 24.5 Å². The van der Waals surface area contributed by atoms with E-state index in [1.807, 2.05) is 25.4 Å². The molecular formula is C20H20N6O. The van der Waals surface area contributed by atoms with Gasteiger partial charge in [0.25, 0.3) is 0 Å². The van der Waals surface area contributed by atoms with Crippen LogP contribution < -0.4 is 5.32 Å². The van der Waals surface area contributed by atoms with E-state index in [2.05, 4.69) is 26.4 Å². The van der Waals surface area contributed by atoms with Crippen LogP contribution in [0.15, 0.2) is 36.7 Å². The summed E-state index contributed by atoms with van der Waals surface area (Å²) in [6.45, 7) is 2.08. The third-order valence-electron chi connectivity index (χ3n) is 5.19. The number of nitrogens with one attached hydrogen (secondary N) is 1. The minimum absolute atomic E-state index is 0.125. The summed E-state index contributed by atoms with van der Waals surface area (Å²) < 4.78 is 1.72. The van der Waals surface area contributed by atoms with E-state index in [-0.39, 0.29) is 5.75 Å². The van der Waals surface area contributed by atoms with Crippen LogP contribution in [0.25, 0.3) is 33.3 Å². The lowest BCUT2D eigenvalue weighted by atomic mass is 9.94. The van der Waals surface area contributed by atoms with Crippen molar-refractivity contribution in [2.45, 2.75) is 18.8 Å². The van der Waals surface area contributed by atoms with Gasteiger partial charge in [-0.05, 0) is 44.1 Å². The van der Waals surface area contributed by atoms with Crippen molar-refractivity contribution in [1.82, 2.24) is 30.0 Å². The van der Waals surface area contributed by atoms with Crippen molar-refractivity contribution in [2.24, 2.45) is 7.05 Å². The molecule has 4 aromatic rings. The van der Waals surface area contributed by atoms with Gasteiger partial charge in [0.15, 0.2) is 5.82 Å². The highest BCUT2D eigenvalue weighted by Crippen LogP contribution is 2.32. The van der Waals surface area contributed by atoms with E-state index in [1.165, 1.54) is 0 Å². The third kappa shape index (κ3) is 2.90. The standard InChI is InChI=1S/C20H20N6O/c1-26-11-13-8-14(19(27)9-17(13)25-26)20-22-10-18-16(24-20)3-2-15(23-18)12-4-6-21-7-5-12/h2-3,8-12,21,27H,4-7H2,1H3. The molecule has 0 atom stereocenters. The van der Waals surface area contributed by atoms with E-state index in [9.17, 15) is 5.11 Å². The molecule has 27 heavy (non-hydrogen) atoms. The van der Waals surface area contributed by atoms with Gasteiger partial charge in [0.1, 0.15) is 11.3 Å². The topological polar surface area (TPSA) is 88.8 Å². The number of phenols is 1. The van der Waals surface area contributed by atoms with Gasteiger partial charge in [-0.3, -0.25) is 4.68 Å². The first-order valence-corrected chi connectivity index (χ1v) is 9.18. The van der Waals surface area contributed by atoms with Crippen molar-refractivity contribution in [3.05, 3.63) is 42.4 Å². The molecule has 2 N–H and O–H groups in total. The average molecular weight is 360 g/mol. The normalized spacial score (nSPS) is 15.6. The summed E-state index contributed by atoms with van der Waals surface area (Å²) in [5.41, 5.74) is 4.02. The van der Waals surface area contributed by atoms with E-state index < -0.39 is 0 Å². The Morgan fingerprint density at radius 1 is 1.07 bits per heavy atom. The molecule has 1 aromatic carbocycles. The van der Waals surface area contributed by atoms with Gasteiger partial charge in [-0.25, -0.2) is 15.0 Å². The molecule has 0 spiro atoms. The van der Waals surface area contributed by atoms with Crippen LogP contribution in [0, 0.1) is 0 Å². The number of pyridine rings is 1. The van der Waals surface area contributed by atoms with Gasteiger partial charge in [0.2, 0.25) is 0 Å². The molecule has 0 radical (unpaired) electrons. The maximum Gasteiger partial charge on any atom is 0.163 e. The minimum Gasteiger partial charge on any atom is -0.507 e. The Bertz CT molecular complexity index is 1150. The Hall–Kier alpha value is -3.06. The first-order chi connectivity index (χ1) is 13.2. The number of benzene rings is 1. The highest BCUT2D eigenvalue weighted by molar-refractivity contribution is 5.87. The van der Waals surface area contributed by atoms with Crippen LogP contribution >= 0.6 is 0 Å². The summed E-state index contributed by atoms with van der Waals surface area (Å²) in [6.07, 6.45) is 5.87. The molecule has 1 saturated heterocycles. The second kappa shape index (κ2) is 6.28. The lowest BCUT2D eigenvalue weighted by Gasteiger charge is -2.22. The predicted octanol–water partition coefficient (Wildman–Crippen LogP) is 2.75. The zero-order valence-electron chi connectivity index (χ0n) is 15.1. The van der Waals surface area contributed by atoms with Gasteiger partial charge in [-0.15, -0.1) is 0 Å². The molecule has 0 aliphatic carbocycles. The lowest BCUT2D eigenvalue weighted by molar-refractivity contribution is 0.454. The van der Waals surface area contributed by atoms with Crippen molar-refractivity contribution in [2.75, 3.05) is 13.1 Å². The number of phenolic OH excluding ortho intramolecular Hbond substituents is 1. The average Bonchev–Trinajstić information content (AvgIpc) is 3.06. The fourth-order valence-electron chi connectivity index (χ4n) is 3.78. The number of hydrogen-bond acceptors (Lipinski definition) is 6. The van der Waals surface area contributed by atoms with E-state index >= 15 is 0 Å². The van der Waals surface area contributed by atoms with Crippen molar-refractivity contribution in [3.63, 3.8) is 0 Å². The highest BCUT2D eigenvalue weighted by atomic mass is 16.3. The van der Waals surface area contributed by atoms with Crippen LogP contribution in [0.5, 0.6) is 5.75 Å². The molecule has 1 fully saturated rings. The Morgan fingerprint density at radius 3 is 2.78 bits per heavy atom. The summed E-state index contributed by atoms with van der Waals surface area (Å²) in [6, 6.07) is 7.59. The van der Waals surface area contributed by atoms with Gasteiger partial charge >= 0.3 is 0 Å². The fourth-order valence-corrected chi connectivity index (χ4v) is 3.78. The van der Waals surface area contributed by atoms with Crippen molar-refractivity contribution < 1.29 is 5.11 Å². The number of fused-ring (bicyclic) bond motifs is 2. The zero-order chi connectivity index (χ0) is 18.4. The second-order valence-electron chi connectivity index (χ2n) is 7.09. The summed E-state index contributed by atoms with van der Waals surface area (Å²) in [5.74, 6) is 1.11. The highest BCUT2D eigenvalue weighted by Gasteiger charge is 2.17. The summed E-state index contributed by atoms with van der Waals surface area (Å²) in [7, 11) is 1.86. The number of rotatable bonds is 2. The van der Waals surface area contributed by atoms with E-state index in [0.717, 1.165) is 53.6 Å². The van der Waals surface area contributed by atoms with Gasteiger partial charge in [-0.1, -0.05) is 0 Å². The number of hydrogen-bond donors (Lipinski definition) is 2. The Balaban J connectivity index is 1.55. The molecule has 5 rings (SSSR count). The van der Waals surface area contributed by atoms with Crippen LogP contribution in [0.3, 0.4) is 0 Å². The van der Waals surface area contributed by atoms with E-state index in [4.69, 9.17) is 4.98 Å². The van der Waals surface area contributed by atoms with Crippen LogP contribution in [-0.4, -0.2) is 42.9 Å². The van der Waals surface area contributed by atoms with Gasteiger partial charge < -0.3 is 10.4 Å². The van der Waals surface area contributed by atoms with E-state index in [1.54, 1.807) is 16.9 Å². The fraction of sp³-hybridized carbons (Fsp3) is 0.300. The SMILES string of the molecule is Cn1cc2cc(-c3ncc4nc(C5CCNCC5)ccc4n3)c(O)cc2n1. The van der Waals surface area contributed by atoms with Gasteiger partial charge in [-0.2, -0.15) is 5.10 Å². The molecule has 4 heterocycles. The largest absolute Gasteiger partial charge is 0.507 e. The molecule has 7 heteroatoms. The summed E-state index contributed by atoms with van der Waals surface area (Å²) in [4.78, 5) is 13.9. The summed E-state index contributed by atoms with van der Waals surface area (Å²) >= 11 is 0. The Morgan fingerprint density at radius 2 is 1.93 bits per heavy atom. The predicted molar refractivity (Wildman–Crippen MR) is 104 cm³/mol. The molecule has 136 valence electrons. The number of aromatic hydroxyl groups is 1. The number of aromatic nitrogens is 5. The molecule has 3 aromatic heterocycles. The summed E-state index contributed by atoms with van der Waals surface area (Å²) in [5, 5.41) is 19.0. The second-order valence-corrected chi connectivity index (χ2v) is 7.09. The van der Waals surface area contributed by atoms with Crippen molar-refractivity contribution in [3.8, 4) is 17.1 Å². The molecule has 1 aliphatic rings. The van der Waals surface area contributed by atoms with Gasteiger partial charge in [0, 0.05) is 36.3 Å². The smallest absolute Gasteiger partial charge is 0.163 e. The maximum atomic E-state index is 10.4. The Kier molecular flexibility index (Phi) is 3.75. The first-order valence-electron chi connectivity index (χ1n) is 9.18. The zero-order valence-corrected chi connectivity index (χ0v) is 15.1. The lowest BCUT2D eigenvalue weighted by Crippen LogP contribution is -2.27. The molecule has 7 nitrogen and oxygen atoms in total. The van der Waals surface area contributed by atoms with E-state index in [0.29, 0.717) is 17.3 Å². The molecule has 1 aliphatic heterocycles.